The summed E-state index contributed by atoms with van der Waals surface area (Å²) in [6.07, 6.45) is -5.75. The van der Waals surface area contributed by atoms with E-state index < -0.39 is 30.0 Å². The van der Waals surface area contributed by atoms with Crippen molar-refractivity contribution in [1.29, 1.82) is 0 Å². The second kappa shape index (κ2) is 8.11. The molecule has 10 nitrogen and oxygen atoms in total. The molecule has 0 radical (unpaired) electrons. The molecule has 0 bridgehead atoms. The van der Waals surface area contributed by atoms with Gasteiger partial charge in [-0.1, -0.05) is 0 Å². The number of methoxy groups -OCH3 is 1. The van der Waals surface area contributed by atoms with E-state index in [2.05, 4.69) is 30.2 Å². The van der Waals surface area contributed by atoms with Gasteiger partial charge in [0.25, 0.3) is 0 Å². The fourth-order valence-electron chi connectivity index (χ4n) is 4.14. The number of fused-ring (bicyclic) bond motifs is 1. The number of amides is 1. The summed E-state index contributed by atoms with van der Waals surface area (Å²) < 4.78 is 49.0. The van der Waals surface area contributed by atoms with Crippen molar-refractivity contribution in [3.63, 3.8) is 0 Å². The SMILES string of the molecule is CO[C@@]12CCN(C(=O)O[C@H](C)C(F)(F)F)[C@@H]1CN(c1nc(C)cc(Nc3ccn[nH]3)n1)C2. The predicted octanol–water partition coefficient (Wildman–Crippen LogP) is 2.62. The van der Waals surface area contributed by atoms with Gasteiger partial charge >= 0.3 is 12.3 Å². The number of aryl methyl sites for hydroxylation is 1. The molecule has 0 spiro atoms. The van der Waals surface area contributed by atoms with Crippen LogP contribution >= 0.6 is 0 Å². The number of carbonyl (C=O) groups is 1. The van der Waals surface area contributed by atoms with Crippen LogP contribution < -0.4 is 10.2 Å². The molecule has 2 aliphatic heterocycles. The third kappa shape index (κ3) is 4.16. The second-order valence-electron chi connectivity index (χ2n) is 7.97. The normalized spacial score (nSPS) is 23.9. The minimum absolute atomic E-state index is 0.247. The lowest BCUT2D eigenvalue weighted by atomic mass is 9.98. The summed E-state index contributed by atoms with van der Waals surface area (Å²) in [7, 11) is 1.53. The number of nitrogens with one attached hydrogen (secondary N) is 2. The minimum Gasteiger partial charge on any atom is -0.437 e. The zero-order valence-corrected chi connectivity index (χ0v) is 17.8. The number of anilines is 3. The van der Waals surface area contributed by atoms with E-state index in [0.29, 0.717) is 37.1 Å². The first kappa shape index (κ1) is 22.1. The van der Waals surface area contributed by atoms with Gasteiger partial charge in [-0.2, -0.15) is 23.3 Å². The van der Waals surface area contributed by atoms with Gasteiger partial charge in [0.2, 0.25) is 5.95 Å². The molecule has 0 saturated carbocycles. The fourth-order valence-corrected chi connectivity index (χ4v) is 4.14. The largest absolute Gasteiger partial charge is 0.437 e. The number of likely N-dealkylation sites (tertiary alicyclic amines) is 1. The Morgan fingerprint density at radius 3 is 2.84 bits per heavy atom. The van der Waals surface area contributed by atoms with Crippen molar-refractivity contribution < 1.29 is 27.4 Å². The molecule has 0 unspecified atom stereocenters. The van der Waals surface area contributed by atoms with Crippen molar-refractivity contribution in [2.45, 2.75) is 44.2 Å². The molecule has 2 N–H and O–H groups in total. The number of hydrogen-bond donors (Lipinski definition) is 2. The molecule has 4 heterocycles. The highest BCUT2D eigenvalue weighted by Gasteiger charge is 2.57. The summed E-state index contributed by atoms with van der Waals surface area (Å²) >= 11 is 0. The zero-order chi connectivity index (χ0) is 23.1. The van der Waals surface area contributed by atoms with Crippen molar-refractivity contribution in [2.24, 2.45) is 0 Å². The first-order valence-corrected chi connectivity index (χ1v) is 10.1. The van der Waals surface area contributed by atoms with Gasteiger partial charge in [0, 0.05) is 38.0 Å². The Balaban J connectivity index is 1.53. The number of halogens is 3. The molecule has 2 saturated heterocycles. The van der Waals surface area contributed by atoms with Crippen LogP contribution in [0.4, 0.5) is 35.5 Å². The van der Waals surface area contributed by atoms with Crippen LogP contribution in [0.2, 0.25) is 0 Å². The van der Waals surface area contributed by atoms with Crippen LogP contribution in [0.5, 0.6) is 0 Å². The molecule has 2 aromatic rings. The van der Waals surface area contributed by atoms with E-state index in [-0.39, 0.29) is 6.54 Å². The van der Waals surface area contributed by atoms with E-state index in [9.17, 15) is 18.0 Å². The topological polar surface area (TPSA) is 108 Å². The molecule has 174 valence electrons. The van der Waals surface area contributed by atoms with Gasteiger partial charge in [0.05, 0.1) is 18.8 Å². The first-order chi connectivity index (χ1) is 15.1. The van der Waals surface area contributed by atoms with Crippen LogP contribution in [-0.4, -0.2) is 81.8 Å². The number of aromatic amines is 1. The zero-order valence-electron chi connectivity index (χ0n) is 17.8. The molecule has 2 fully saturated rings. The fraction of sp³-hybridized carbons (Fsp3) is 0.579. The van der Waals surface area contributed by atoms with Crippen molar-refractivity contribution in [3.05, 3.63) is 24.0 Å². The summed E-state index contributed by atoms with van der Waals surface area (Å²) in [5.74, 6) is 1.64. The molecule has 2 aliphatic rings. The van der Waals surface area contributed by atoms with E-state index in [4.69, 9.17) is 4.74 Å². The van der Waals surface area contributed by atoms with Crippen LogP contribution in [0.3, 0.4) is 0 Å². The summed E-state index contributed by atoms with van der Waals surface area (Å²) in [4.78, 5) is 24.7. The summed E-state index contributed by atoms with van der Waals surface area (Å²) in [6, 6.07) is 3.03. The lowest BCUT2D eigenvalue weighted by Gasteiger charge is -2.29. The maximum absolute atomic E-state index is 12.8. The van der Waals surface area contributed by atoms with E-state index in [1.54, 1.807) is 18.3 Å². The Bertz CT molecular complexity index is 972. The number of carbonyl (C=O) groups excluding carboxylic acids is 1. The first-order valence-electron chi connectivity index (χ1n) is 10.1. The van der Waals surface area contributed by atoms with E-state index in [1.807, 2.05) is 11.8 Å². The molecule has 13 heteroatoms. The maximum Gasteiger partial charge on any atom is 0.425 e. The number of alkyl halides is 3. The highest BCUT2D eigenvalue weighted by molar-refractivity contribution is 5.70. The van der Waals surface area contributed by atoms with E-state index >= 15 is 0 Å². The summed E-state index contributed by atoms with van der Waals surface area (Å²) in [6.45, 7) is 3.58. The Kier molecular flexibility index (Phi) is 5.61. The van der Waals surface area contributed by atoms with Gasteiger partial charge in [0.15, 0.2) is 6.10 Å². The van der Waals surface area contributed by atoms with Gasteiger partial charge in [-0.05, 0) is 20.3 Å². The Morgan fingerprint density at radius 2 is 2.19 bits per heavy atom. The molecule has 32 heavy (non-hydrogen) atoms. The summed E-state index contributed by atoms with van der Waals surface area (Å²) in [5, 5.41) is 9.78. The Labute approximate surface area is 182 Å². The van der Waals surface area contributed by atoms with Crippen molar-refractivity contribution >= 4 is 23.7 Å². The molecule has 4 rings (SSSR count). The maximum atomic E-state index is 12.8. The standard InChI is InChI=1S/C19H24F3N7O3/c1-11-8-15(25-14-4-6-23-27-14)26-16(24-11)28-9-13-18(10-28,31-3)5-7-29(13)17(30)32-12(2)19(20,21)22/h4,6,8,12-13H,5,7,9-10H2,1-3H3,(H2,23,24,25,26,27)/t12-,13-,18-/m1/s1. The molecule has 3 atom stereocenters. The van der Waals surface area contributed by atoms with Crippen LogP contribution in [0.1, 0.15) is 19.0 Å². The molecular formula is C19H24F3N7O3. The monoisotopic (exact) mass is 455 g/mol. The second-order valence-corrected chi connectivity index (χ2v) is 7.97. The van der Waals surface area contributed by atoms with Crippen LogP contribution in [0.15, 0.2) is 18.3 Å². The highest BCUT2D eigenvalue weighted by atomic mass is 19.4. The quantitative estimate of drug-likeness (QED) is 0.709. The van der Waals surface area contributed by atoms with Crippen LogP contribution in [0, 0.1) is 6.92 Å². The Morgan fingerprint density at radius 1 is 1.41 bits per heavy atom. The number of rotatable bonds is 5. The van der Waals surface area contributed by atoms with Gasteiger partial charge in [-0.25, -0.2) is 9.78 Å². The van der Waals surface area contributed by atoms with Crippen molar-refractivity contribution in [2.75, 3.05) is 37.0 Å². The number of nitrogens with zero attached hydrogens (tertiary/aromatic N) is 5. The highest BCUT2D eigenvalue weighted by Crippen LogP contribution is 2.40. The van der Waals surface area contributed by atoms with Gasteiger partial charge < -0.3 is 24.6 Å². The van der Waals surface area contributed by atoms with E-state index in [1.165, 1.54) is 12.0 Å². The van der Waals surface area contributed by atoms with Gasteiger partial charge in [-0.15, -0.1) is 0 Å². The van der Waals surface area contributed by atoms with Crippen molar-refractivity contribution in [3.8, 4) is 0 Å². The minimum atomic E-state index is -4.62. The molecule has 0 aliphatic carbocycles. The average Bonchev–Trinajstić information content (AvgIpc) is 3.42. The average molecular weight is 455 g/mol. The number of H-pyrrole nitrogens is 1. The number of ether oxygens (including phenoxy) is 2. The van der Waals surface area contributed by atoms with Gasteiger partial charge in [-0.3, -0.25) is 5.10 Å². The smallest absolute Gasteiger partial charge is 0.425 e. The van der Waals surface area contributed by atoms with Crippen molar-refractivity contribution in [1.82, 2.24) is 25.1 Å². The molecular weight excluding hydrogens is 431 g/mol. The predicted molar refractivity (Wildman–Crippen MR) is 108 cm³/mol. The third-order valence-corrected chi connectivity index (χ3v) is 5.88. The van der Waals surface area contributed by atoms with E-state index in [0.717, 1.165) is 12.6 Å². The number of aromatic nitrogens is 4. The summed E-state index contributed by atoms with van der Waals surface area (Å²) in [5.41, 5.74) is -0.0271. The Hall–Kier alpha value is -3.09. The number of hydrogen-bond acceptors (Lipinski definition) is 8. The van der Waals surface area contributed by atoms with Crippen LogP contribution in [0.25, 0.3) is 0 Å². The molecule has 2 aromatic heterocycles. The third-order valence-electron chi connectivity index (χ3n) is 5.88. The molecule has 0 aromatic carbocycles. The lowest BCUT2D eigenvalue weighted by Crippen LogP contribution is -2.48. The lowest BCUT2D eigenvalue weighted by molar-refractivity contribution is -0.200. The molecule has 1 amide bonds. The van der Waals surface area contributed by atoms with Gasteiger partial charge in [0.1, 0.15) is 17.2 Å². The van der Waals surface area contributed by atoms with Crippen LogP contribution in [-0.2, 0) is 9.47 Å².